The summed E-state index contributed by atoms with van der Waals surface area (Å²) in [5, 5.41) is 8.12. The van der Waals surface area contributed by atoms with Crippen molar-refractivity contribution in [2.24, 2.45) is 0 Å². The smallest absolute Gasteiger partial charge is 0.226 e. The van der Waals surface area contributed by atoms with E-state index in [1.807, 2.05) is 50.2 Å². The van der Waals surface area contributed by atoms with Crippen molar-refractivity contribution >= 4 is 10.0 Å². The van der Waals surface area contributed by atoms with E-state index < -0.39 is 16.2 Å². The van der Waals surface area contributed by atoms with Crippen molar-refractivity contribution in [1.29, 1.82) is 0 Å². The summed E-state index contributed by atoms with van der Waals surface area (Å²) in [4.78, 5) is 0.283. The Bertz CT molecular complexity index is 1030. The lowest BCUT2D eigenvalue weighted by Gasteiger charge is -2.27. The van der Waals surface area contributed by atoms with Crippen LogP contribution in [0.5, 0.6) is 0 Å². The van der Waals surface area contributed by atoms with Crippen molar-refractivity contribution in [2.75, 3.05) is 0 Å². The van der Waals surface area contributed by atoms with E-state index in [-0.39, 0.29) is 11.4 Å². The number of nitrogens with zero attached hydrogens (tertiary/aromatic N) is 4. The Morgan fingerprint density at radius 1 is 1.08 bits per heavy atom. The predicted molar refractivity (Wildman–Crippen MR) is 94.1 cm³/mol. The average Bonchev–Trinajstić information content (AvgIpc) is 3.05. The van der Waals surface area contributed by atoms with Gasteiger partial charge in [-0.2, -0.15) is 4.31 Å². The van der Waals surface area contributed by atoms with Gasteiger partial charge in [0.2, 0.25) is 10.0 Å². The summed E-state index contributed by atoms with van der Waals surface area (Å²) in [6.07, 6.45) is 1.20. The molecule has 0 fully saturated rings. The molecule has 1 aliphatic rings. The van der Waals surface area contributed by atoms with Crippen LogP contribution in [0.4, 0.5) is 0 Å². The number of hydrogen-bond donors (Lipinski definition) is 0. The van der Waals surface area contributed by atoms with Crippen LogP contribution in [0.3, 0.4) is 0 Å². The first-order chi connectivity index (χ1) is 12.0. The maximum absolute atomic E-state index is 13.3. The molecule has 1 unspecified atom stereocenters. The summed E-state index contributed by atoms with van der Waals surface area (Å²) in [5.74, 6) is 0. The molecule has 128 valence electrons. The molecule has 6 nitrogen and oxygen atoms in total. The maximum Gasteiger partial charge on any atom is 0.245 e. The van der Waals surface area contributed by atoms with Gasteiger partial charge in [-0.1, -0.05) is 47.2 Å². The fourth-order valence-electron chi connectivity index (χ4n) is 3.17. The number of aromatic nitrogens is 3. The standard InChI is InChI=1S/C18H18N4O2S/c1-13-7-9-16(10-8-13)25(23,24)21-12-15-5-3-4-6-17(15)18-11-19-20-22(18)14(21)2/h3-11,14H,12H2,1-2H3. The van der Waals surface area contributed by atoms with Gasteiger partial charge in [-0.3, -0.25) is 0 Å². The van der Waals surface area contributed by atoms with E-state index in [4.69, 9.17) is 0 Å². The summed E-state index contributed by atoms with van der Waals surface area (Å²) in [6, 6.07) is 14.7. The van der Waals surface area contributed by atoms with Crippen LogP contribution in [0.2, 0.25) is 0 Å². The topological polar surface area (TPSA) is 68.1 Å². The quantitative estimate of drug-likeness (QED) is 0.709. The first-order valence-corrected chi connectivity index (χ1v) is 9.49. The molecule has 0 saturated heterocycles. The van der Waals surface area contributed by atoms with Crippen molar-refractivity contribution in [2.45, 2.75) is 31.5 Å². The van der Waals surface area contributed by atoms with Gasteiger partial charge < -0.3 is 0 Å². The molecule has 0 N–H and O–H groups in total. The van der Waals surface area contributed by atoms with Crippen molar-refractivity contribution < 1.29 is 8.42 Å². The second kappa shape index (κ2) is 5.79. The third-order valence-corrected chi connectivity index (χ3v) is 6.51. The van der Waals surface area contributed by atoms with Crippen LogP contribution in [-0.4, -0.2) is 27.7 Å². The van der Waals surface area contributed by atoms with Crippen LogP contribution in [-0.2, 0) is 16.6 Å². The molecule has 1 atom stereocenters. The lowest BCUT2D eigenvalue weighted by Crippen LogP contribution is -2.35. The average molecular weight is 354 g/mol. The second-order valence-electron chi connectivity index (χ2n) is 6.22. The zero-order valence-corrected chi connectivity index (χ0v) is 14.8. The van der Waals surface area contributed by atoms with Crippen LogP contribution in [0.15, 0.2) is 59.6 Å². The van der Waals surface area contributed by atoms with Crippen molar-refractivity contribution in [1.82, 2.24) is 19.3 Å². The largest absolute Gasteiger partial charge is 0.245 e. The van der Waals surface area contributed by atoms with E-state index in [2.05, 4.69) is 10.3 Å². The Hall–Kier alpha value is -2.51. The molecule has 25 heavy (non-hydrogen) atoms. The highest BCUT2D eigenvalue weighted by Crippen LogP contribution is 2.35. The van der Waals surface area contributed by atoms with E-state index in [9.17, 15) is 8.42 Å². The van der Waals surface area contributed by atoms with Gasteiger partial charge in [0.15, 0.2) is 0 Å². The van der Waals surface area contributed by atoms with Crippen LogP contribution in [0, 0.1) is 6.92 Å². The Labute approximate surface area is 146 Å². The molecule has 0 amide bonds. The molecule has 7 heteroatoms. The maximum atomic E-state index is 13.3. The summed E-state index contributed by atoms with van der Waals surface area (Å²) in [7, 11) is -3.67. The molecule has 0 bridgehead atoms. The molecule has 0 aliphatic carbocycles. The van der Waals surface area contributed by atoms with Crippen LogP contribution < -0.4 is 0 Å². The van der Waals surface area contributed by atoms with E-state index in [0.717, 1.165) is 22.4 Å². The minimum absolute atomic E-state index is 0.283. The van der Waals surface area contributed by atoms with Gasteiger partial charge in [0, 0.05) is 12.1 Å². The van der Waals surface area contributed by atoms with E-state index in [1.54, 1.807) is 23.0 Å². The molecule has 2 aromatic carbocycles. The minimum atomic E-state index is -3.67. The van der Waals surface area contributed by atoms with Gasteiger partial charge in [-0.15, -0.1) is 5.10 Å². The summed E-state index contributed by atoms with van der Waals surface area (Å²) < 4.78 is 29.7. The lowest BCUT2D eigenvalue weighted by atomic mass is 10.1. The fourth-order valence-corrected chi connectivity index (χ4v) is 4.72. The van der Waals surface area contributed by atoms with Crippen molar-refractivity contribution in [3.05, 3.63) is 65.9 Å². The van der Waals surface area contributed by atoms with Crippen molar-refractivity contribution in [3.8, 4) is 11.3 Å². The number of benzene rings is 2. The highest BCUT2D eigenvalue weighted by Gasteiger charge is 2.35. The highest BCUT2D eigenvalue weighted by atomic mass is 32.2. The molecule has 1 aliphatic heterocycles. The molecular formula is C18H18N4O2S. The van der Waals surface area contributed by atoms with Gasteiger partial charge in [0.1, 0.15) is 6.17 Å². The molecular weight excluding hydrogens is 336 g/mol. The van der Waals surface area contributed by atoms with Gasteiger partial charge in [-0.05, 0) is 31.5 Å². The summed E-state index contributed by atoms with van der Waals surface area (Å²) >= 11 is 0. The zero-order valence-electron chi connectivity index (χ0n) is 14.0. The fraction of sp³-hybridized carbons (Fsp3) is 0.222. The van der Waals surface area contributed by atoms with Crippen molar-refractivity contribution in [3.63, 3.8) is 0 Å². The number of aryl methyl sites for hydroxylation is 1. The first kappa shape index (κ1) is 16.0. The lowest BCUT2D eigenvalue weighted by molar-refractivity contribution is 0.246. The Balaban J connectivity index is 1.88. The second-order valence-corrected chi connectivity index (χ2v) is 8.11. The molecule has 4 rings (SSSR count). The zero-order chi connectivity index (χ0) is 17.6. The summed E-state index contributed by atoms with van der Waals surface area (Å²) in [5.41, 5.74) is 3.74. The Morgan fingerprint density at radius 3 is 2.56 bits per heavy atom. The number of hydrogen-bond acceptors (Lipinski definition) is 4. The highest BCUT2D eigenvalue weighted by molar-refractivity contribution is 7.89. The number of sulfonamides is 1. The Morgan fingerprint density at radius 2 is 1.80 bits per heavy atom. The monoisotopic (exact) mass is 354 g/mol. The normalized spacial score (nSPS) is 17.6. The SMILES string of the molecule is Cc1ccc(S(=O)(=O)N2Cc3ccccc3-c3cnnn3C2C)cc1. The first-order valence-electron chi connectivity index (χ1n) is 8.05. The van der Waals surface area contributed by atoms with Crippen LogP contribution in [0.1, 0.15) is 24.2 Å². The van der Waals surface area contributed by atoms with Gasteiger partial charge >= 0.3 is 0 Å². The third-order valence-electron chi connectivity index (χ3n) is 4.59. The third kappa shape index (κ3) is 2.56. The molecule has 0 saturated carbocycles. The van der Waals surface area contributed by atoms with E-state index in [0.29, 0.717) is 0 Å². The predicted octanol–water partition coefficient (Wildman–Crippen LogP) is 2.98. The van der Waals surface area contributed by atoms with Crippen LogP contribution >= 0.6 is 0 Å². The number of rotatable bonds is 2. The summed E-state index contributed by atoms with van der Waals surface area (Å²) in [6.45, 7) is 4.05. The molecule has 1 aromatic heterocycles. The molecule has 0 spiro atoms. The van der Waals surface area contributed by atoms with Gasteiger partial charge in [0.25, 0.3) is 0 Å². The Kier molecular flexibility index (Phi) is 3.70. The minimum Gasteiger partial charge on any atom is -0.226 e. The number of fused-ring (bicyclic) bond motifs is 3. The van der Waals surface area contributed by atoms with E-state index in [1.165, 1.54) is 4.31 Å². The van der Waals surface area contributed by atoms with E-state index >= 15 is 0 Å². The van der Waals surface area contributed by atoms with Gasteiger partial charge in [0.05, 0.1) is 16.8 Å². The molecule has 3 aromatic rings. The molecule has 2 heterocycles. The van der Waals surface area contributed by atoms with Gasteiger partial charge in [-0.25, -0.2) is 13.1 Å². The molecule has 0 radical (unpaired) electrons. The van der Waals surface area contributed by atoms with Crippen LogP contribution in [0.25, 0.3) is 11.3 Å².